The van der Waals surface area contributed by atoms with Crippen LogP contribution in [0.1, 0.15) is 28.4 Å². The zero-order valence-electron chi connectivity index (χ0n) is 11.6. The Hall–Kier alpha value is -2.89. The Kier molecular flexibility index (Phi) is 4.50. The maximum Gasteiger partial charge on any atom is 0.249 e. The fourth-order valence-corrected chi connectivity index (χ4v) is 1.78. The van der Waals surface area contributed by atoms with Crippen LogP contribution in [0.4, 0.5) is 5.82 Å². The van der Waals surface area contributed by atoms with Crippen molar-refractivity contribution in [2.75, 3.05) is 5.32 Å². The van der Waals surface area contributed by atoms with E-state index in [1.165, 1.54) is 6.08 Å². The third-order valence-corrected chi connectivity index (χ3v) is 2.97. The molecule has 0 atom stereocenters. The molecule has 2 amide bonds. The summed E-state index contributed by atoms with van der Waals surface area (Å²) in [6.07, 6.45) is 5.54. The van der Waals surface area contributed by atoms with Gasteiger partial charge in [-0.25, -0.2) is 0 Å². The van der Waals surface area contributed by atoms with Crippen molar-refractivity contribution < 1.29 is 9.59 Å². The summed E-state index contributed by atoms with van der Waals surface area (Å²) >= 11 is 0. The van der Waals surface area contributed by atoms with Crippen molar-refractivity contribution in [3.8, 4) is 0 Å². The Bertz CT molecular complexity index is 671. The third-order valence-electron chi connectivity index (χ3n) is 2.97. The highest BCUT2D eigenvalue weighted by atomic mass is 16.1. The van der Waals surface area contributed by atoms with E-state index in [1.54, 1.807) is 36.5 Å². The van der Waals surface area contributed by atoms with Crippen LogP contribution in [0.2, 0.25) is 0 Å². The summed E-state index contributed by atoms with van der Waals surface area (Å²) in [6, 6.07) is 6.67. The number of nitrogens with one attached hydrogen (secondary N) is 2. The molecule has 0 aliphatic heterocycles. The number of primary amides is 1. The highest BCUT2D eigenvalue weighted by Gasteiger charge is 2.05. The maximum absolute atomic E-state index is 11.8. The smallest absolute Gasteiger partial charge is 0.249 e. The minimum absolute atomic E-state index is 0.257. The monoisotopic (exact) mass is 284 g/mol. The molecule has 0 bridgehead atoms. The first-order valence-electron chi connectivity index (χ1n) is 6.51. The van der Waals surface area contributed by atoms with Crippen LogP contribution in [-0.4, -0.2) is 22.0 Å². The molecule has 0 saturated heterocycles. The number of aromatic amines is 1. The van der Waals surface area contributed by atoms with Crippen LogP contribution in [0.5, 0.6) is 0 Å². The summed E-state index contributed by atoms with van der Waals surface area (Å²) in [4.78, 5) is 22.8. The van der Waals surface area contributed by atoms with Crippen molar-refractivity contribution in [2.24, 2.45) is 5.73 Å². The molecule has 4 N–H and O–H groups in total. The lowest BCUT2D eigenvalue weighted by Crippen LogP contribution is -2.10. The molecular weight excluding hydrogens is 268 g/mol. The van der Waals surface area contributed by atoms with Gasteiger partial charge >= 0.3 is 0 Å². The van der Waals surface area contributed by atoms with Gasteiger partial charge in [0.25, 0.3) is 0 Å². The fourth-order valence-electron chi connectivity index (χ4n) is 1.78. The lowest BCUT2D eigenvalue weighted by Gasteiger charge is -2.01. The summed E-state index contributed by atoms with van der Waals surface area (Å²) in [5, 5.41) is 9.34. The number of H-pyrrole nitrogens is 1. The van der Waals surface area contributed by atoms with E-state index in [1.807, 2.05) is 6.92 Å². The third kappa shape index (κ3) is 3.79. The molecule has 2 rings (SSSR count). The summed E-state index contributed by atoms with van der Waals surface area (Å²) in [5.74, 6) is -0.126. The highest BCUT2D eigenvalue weighted by Crippen LogP contribution is 2.11. The molecule has 6 heteroatoms. The lowest BCUT2D eigenvalue weighted by atomic mass is 10.1. The van der Waals surface area contributed by atoms with E-state index < -0.39 is 5.91 Å². The molecule has 2 aromatic rings. The Morgan fingerprint density at radius 2 is 2.05 bits per heavy atom. The molecule has 0 spiro atoms. The minimum atomic E-state index is -0.477. The van der Waals surface area contributed by atoms with Crippen LogP contribution >= 0.6 is 0 Å². The van der Waals surface area contributed by atoms with Crippen molar-refractivity contribution in [1.29, 1.82) is 0 Å². The predicted molar refractivity (Wildman–Crippen MR) is 80.6 cm³/mol. The number of aryl methyl sites for hydroxylation is 1. The molecule has 0 saturated carbocycles. The molecule has 21 heavy (non-hydrogen) atoms. The largest absolute Gasteiger partial charge is 0.366 e. The number of hydrogen-bond acceptors (Lipinski definition) is 3. The first-order valence-corrected chi connectivity index (χ1v) is 6.51. The van der Waals surface area contributed by atoms with Gasteiger partial charge < -0.3 is 11.1 Å². The van der Waals surface area contributed by atoms with Crippen LogP contribution < -0.4 is 11.1 Å². The van der Waals surface area contributed by atoms with E-state index in [2.05, 4.69) is 15.5 Å². The molecule has 0 aliphatic rings. The molecule has 1 aromatic heterocycles. The van der Waals surface area contributed by atoms with Crippen molar-refractivity contribution in [1.82, 2.24) is 10.2 Å². The second-order valence-electron chi connectivity index (χ2n) is 4.43. The van der Waals surface area contributed by atoms with E-state index in [-0.39, 0.29) is 5.91 Å². The molecule has 0 unspecified atom stereocenters. The van der Waals surface area contributed by atoms with Gasteiger partial charge in [-0.05, 0) is 30.2 Å². The molecule has 1 heterocycles. The molecule has 108 valence electrons. The molecule has 0 fully saturated rings. The number of carbonyl (C=O) groups excluding carboxylic acids is 2. The van der Waals surface area contributed by atoms with E-state index in [9.17, 15) is 9.59 Å². The summed E-state index contributed by atoms with van der Waals surface area (Å²) in [7, 11) is 0. The minimum Gasteiger partial charge on any atom is -0.366 e. The predicted octanol–water partition coefficient (Wildman–Crippen LogP) is 1.72. The Balaban J connectivity index is 2.00. The van der Waals surface area contributed by atoms with Crippen molar-refractivity contribution in [2.45, 2.75) is 13.3 Å². The topological polar surface area (TPSA) is 101 Å². The standard InChI is InChI=1S/C15H16N4O2/c1-2-11-9-17-19-15(11)18-13(20)8-5-10-3-6-12(7-4-10)14(16)21/h3-9H,2H2,1H3,(H2,16,21)(H2,17,18,19,20)/b8-5+. The van der Waals surface area contributed by atoms with Crippen LogP contribution in [0, 0.1) is 0 Å². The van der Waals surface area contributed by atoms with Gasteiger partial charge in [0.15, 0.2) is 0 Å². The Morgan fingerprint density at radius 3 is 2.67 bits per heavy atom. The number of rotatable bonds is 5. The average molecular weight is 284 g/mol. The van der Waals surface area contributed by atoms with E-state index in [4.69, 9.17) is 5.73 Å². The van der Waals surface area contributed by atoms with Gasteiger partial charge in [-0.1, -0.05) is 19.1 Å². The van der Waals surface area contributed by atoms with Gasteiger partial charge in [0.2, 0.25) is 11.8 Å². The fraction of sp³-hybridized carbons (Fsp3) is 0.133. The second kappa shape index (κ2) is 6.51. The average Bonchev–Trinajstić information content (AvgIpc) is 2.92. The number of carbonyl (C=O) groups is 2. The van der Waals surface area contributed by atoms with Gasteiger partial charge in [0.05, 0.1) is 6.20 Å². The molecule has 0 aliphatic carbocycles. The quantitative estimate of drug-likeness (QED) is 0.729. The van der Waals surface area contributed by atoms with Gasteiger partial charge in [-0.2, -0.15) is 5.10 Å². The number of nitrogens with two attached hydrogens (primary N) is 1. The summed E-state index contributed by atoms with van der Waals surface area (Å²) < 4.78 is 0. The first-order chi connectivity index (χ1) is 10.1. The van der Waals surface area contributed by atoms with Gasteiger partial charge in [-0.15, -0.1) is 0 Å². The van der Waals surface area contributed by atoms with Gasteiger partial charge in [0.1, 0.15) is 5.82 Å². The first kappa shape index (κ1) is 14.5. The SMILES string of the molecule is CCc1cn[nH]c1NC(=O)/C=C/c1ccc(C(N)=O)cc1. The number of anilines is 1. The maximum atomic E-state index is 11.8. The van der Waals surface area contributed by atoms with E-state index in [0.717, 1.165) is 17.5 Å². The van der Waals surface area contributed by atoms with Crippen molar-refractivity contribution in [3.63, 3.8) is 0 Å². The number of hydrogen-bond donors (Lipinski definition) is 3. The summed E-state index contributed by atoms with van der Waals surface area (Å²) in [5.41, 5.74) is 7.34. The zero-order chi connectivity index (χ0) is 15.2. The molecule has 6 nitrogen and oxygen atoms in total. The Morgan fingerprint density at radius 1 is 1.33 bits per heavy atom. The molecule has 1 aromatic carbocycles. The number of benzene rings is 1. The van der Waals surface area contributed by atoms with Gasteiger partial charge in [-0.3, -0.25) is 14.7 Å². The van der Waals surface area contributed by atoms with Crippen molar-refractivity contribution in [3.05, 3.63) is 53.2 Å². The van der Waals surface area contributed by atoms with E-state index in [0.29, 0.717) is 11.4 Å². The molecular formula is C15H16N4O2. The zero-order valence-corrected chi connectivity index (χ0v) is 11.6. The number of amides is 2. The molecule has 0 radical (unpaired) electrons. The number of aromatic nitrogens is 2. The summed E-state index contributed by atoms with van der Waals surface area (Å²) in [6.45, 7) is 1.98. The van der Waals surface area contributed by atoms with Crippen LogP contribution in [0.3, 0.4) is 0 Å². The van der Waals surface area contributed by atoms with E-state index >= 15 is 0 Å². The van der Waals surface area contributed by atoms with Crippen molar-refractivity contribution >= 4 is 23.7 Å². The van der Waals surface area contributed by atoms with Crippen LogP contribution in [-0.2, 0) is 11.2 Å². The normalized spacial score (nSPS) is 10.7. The second-order valence-corrected chi connectivity index (χ2v) is 4.43. The van der Waals surface area contributed by atoms with Crippen LogP contribution in [0.25, 0.3) is 6.08 Å². The highest BCUT2D eigenvalue weighted by molar-refractivity contribution is 6.01. The number of nitrogens with zero attached hydrogens (tertiary/aromatic N) is 1. The van der Waals surface area contributed by atoms with Gasteiger partial charge in [0, 0.05) is 17.2 Å². The lowest BCUT2D eigenvalue weighted by molar-refractivity contribution is -0.111. The Labute approximate surface area is 122 Å². The van der Waals surface area contributed by atoms with Crippen LogP contribution in [0.15, 0.2) is 36.5 Å².